The fourth-order valence-corrected chi connectivity index (χ4v) is 3.30. The van der Waals surface area contributed by atoms with Gasteiger partial charge >= 0.3 is 0 Å². The lowest BCUT2D eigenvalue weighted by Crippen LogP contribution is -2.28. The van der Waals surface area contributed by atoms with E-state index in [1.807, 2.05) is 24.4 Å². The van der Waals surface area contributed by atoms with Gasteiger partial charge in [-0.15, -0.1) is 11.3 Å². The predicted molar refractivity (Wildman–Crippen MR) is 77.9 cm³/mol. The monoisotopic (exact) mass is 288 g/mol. The van der Waals surface area contributed by atoms with E-state index in [-0.39, 0.29) is 11.9 Å². The average molecular weight is 288 g/mol. The van der Waals surface area contributed by atoms with Gasteiger partial charge in [0.1, 0.15) is 5.75 Å². The van der Waals surface area contributed by atoms with Gasteiger partial charge in [0.25, 0.3) is 0 Å². The van der Waals surface area contributed by atoms with E-state index in [1.54, 1.807) is 17.4 Å². The Kier molecular flexibility index (Phi) is 3.44. The number of benzene rings is 1. The van der Waals surface area contributed by atoms with Crippen molar-refractivity contribution < 1.29 is 9.90 Å². The van der Waals surface area contributed by atoms with E-state index < -0.39 is 0 Å². The van der Waals surface area contributed by atoms with Crippen LogP contribution in [0.1, 0.15) is 34.3 Å². The number of amides is 1. The number of carbonyl (C=O) groups is 1. The fourth-order valence-electron chi connectivity index (χ4n) is 2.68. The Labute approximate surface area is 121 Å². The minimum Gasteiger partial charge on any atom is -0.508 e. The maximum absolute atomic E-state index is 12.1. The number of thiazole rings is 1. The van der Waals surface area contributed by atoms with Crippen LogP contribution in [0.5, 0.6) is 5.75 Å². The van der Waals surface area contributed by atoms with Gasteiger partial charge in [-0.2, -0.15) is 0 Å². The number of rotatable bonds is 3. The molecule has 1 amide bonds. The number of aromatic nitrogens is 1. The Morgan fingerprint density at radius 3 is 3.15 bits per heavy atom. The van der Waals surface area contributed by atoms with Gasteiger partial charge in [-0.3, -0.25) is 4.79 Å². The molecular formula is C15H16N2O2S. The molecule has 1 unspecified atom stereocenters. The van der Waals surface area contributed by atoms with Crippen molar-refractivity contribution in [2.75, 3.05) is 0 Å². The summed E-state index contributed by atoms with van der Waals surface area (Å²) in [6, 6.07) is 5.49. The lowest BCUT2D eigenvalue weighted by Gasteiger charge is -2.13. The van der Waals surface area contributed by atoms with Crippen molar-refractivity contribution in [2.45, 2.75) is 32.2 Å². The first-order chi connectivity index (χ1) is 9.63. The number of carbonyl (C=O) groups excluding carboxylic acids is 1. The molecule has 1 aliphatic carbocycles. The van der Waals surface area contributed by atoms with Crippen molar-refractivity contribution in [3.05, 3.63) is 45.4 Å². The first-order valence-corrected chi connectivity index (χ1v) is 7.52. The Morgan fingerprint density at radius 1 is 1.55 bits per heavy atom. The molecule has 0 fully saturated rings. The van der Waals surface area contributed by atoms with Crippen LogP contribution in [-0.4, -0.2) is 16.0 Å². The highest BCUT2D eigenvalue weighted by Gasteiger charge is 2.25. The summed E-state index contributed by atoms with van der Waals surface area (Å²) in [4.78, 5) is 16.4. The summed E-state index contributed by atoms with van der Waals surface area (Å²) in [6.45, 7) is 1.93. The molecule has 20 heavy (non-hydrogen) atoms. The maximum atomic E-state index is 12.1. The van der Waals surface area contributed by atoms with Gasteiger partial charge in [-0.25, -0.2) is 4.98 Å². The van der Waals surface area contributed by atoms with Crippen molar-refractivity contribution in [3.8, 4) is 5.75 Å². The number of phenolic OH excluding ortho intramolecular Hbond substituents is 1. The molecule has 0 saturated heterocycles. The number of nitrogens with one attached hydrogen (secondary N) is 1. The number of fused-ring (bicyclic) bond motifs is 1. The second kappa shape index (κ2) is 5.25. The van der Waals surface area contributed by atoms with Crippen molar-refractivity contribution in [1.29, 1.82) is 0 Å². The fraction of sp³-hybridized carbons (Fsp3) is 0.333. The maximum Gasteiger partial charge on any atom is 0.226 e. The number of aromatic hydroxyl groups is 1. The van der Waals surface area contributed by atoms with Crippen LogP contribution in [0.3, 0.4) is 0 Å². The van der Waals surface area contributed by atoms with Crippen LogP contribution in [0.25, 0.3) is 0 Å². The molecule has 3 rings (SSSR count). The Balaban J connectivity index is 1.68. The molecule has 0 spiro atoms. The largest absolute Gasteiger partial charge is 0.508 e. The Morgan fingerprint density at radius 2 is 2.40 bits per heavy atom. The van der Waals surface area contributed by atoms with Gasteiger partial charge in [0.05, 0.1) is 23.2 Å². The molecule has 0 bridgehead atoms. The summed E-state index contributed by atoms with van der Waals surface area (Å²) in [6.07, 6.45) is 1.96. The van der Waals surface area contributed by atoms with E-state index in [0.717, 1.165) is 34.7 Å². The van der Waals surface area contributed by atoms with E-state index in [0.29, 0.717) is 12.2 Å². The van der Waals surface area contributed by atoms with E-state index in [1.165, 1.54) is 0 Å². The van der Waals surface area contributed by atoms with E-state index >= 15 is 0 Å². The number of aryl methyl sites for hydroxylation is 1. The zero-order chi connectivity index (χ0) is 14.1. The van der Waals surface area contributed by atoms with Gasteiger partial charge in [-0.1, -0.05) is 12.1 Å². The van der Waals surface area contributed by atoms with Crippen LogP contribution in [0, 0.1) is 6.92 Å². The summed E-state index contributed by atoms with van der Waals surface area (Å²) in [5.41, 5.74) is 2.81. The van der Waals surface area contributed by atoms with Crippen LogP contribution in [0.15, 0.2) is 23.6 Å². The van der Waals surface area contributed by atoms with E-state index in [4.69, 9.17) is 0 Å². The van der Waals surface area contributed by atoms with Gasteiger partial charge in [0, 0.05) is 5.38 Å². The highest BCUT2D eigenvalue weighted by Crippen LogP contribution is 2.36. The van der Waals surface area contributed by atoms with Crippen molar-refractivity contribution in [1.82, 2.24) is 10.3 Å². The molecule has 4 nitrogen and oxygen atoms in total. The summed E-state index contributed by atoms with van der Waals surface area (Å²) < 4.78 is 0. The van der Waals surface area contributed by atoms with Crippen molar-refractivity contribution >= 4 is 17.2 Å². The molecule has 1 aromatic carbocycles. The molecule has 1 atom stereocenters. The third-order valence-corrected chi connectivity index (χ3v) is 4.41. The predicted octanol–water partition coefficient (Wildman–Crippen LogP) is 2.50. The van der Waals surface area contributed by atoms with Crippen LogP contribution >= 0.6 is 11.3 Å². The van der Waals surface area contributed by atoms with Crippen molar-refractivity contribution in [3.63, 3.8) is 0 Å². The molecule has 1 aromatic heterocycles. The SMILES string of the molecule is Cc1nc(CC(=O)NC2CCc3c(O)cccc32)cs1. The third kappa shape index (κ3) is 2.54. The molecule has 5 heteroatoms. The molecule has 1 heterocycles. The standard InChI is InChI=1S/C15H16N2O2S/c1-9-16-10(8-20-9)7-15(19)17-13-6-5-12-11(13)3-2-4-14(12)18/h2-4,8,13,18H,5-7H2,1H3,(H,17,19). The highest BCUT2D eigenvalue weighted by atomic mass is 32.1. The quantitative estimate of drug-likeness (QED) is 0.912. The summed E-state index contributed by atoms with van der Waals surface area (Å²) in [5, 5.41) is 15.7. The molecule has 2 aromatic rings. The second-order valence-corrected chi connectivity index (χ2v) is 6.10. The van der Waals surface area contributed by atoms with Crippen LogP contribution in [0.4, 0.5) is 0 Å². The van der Waals surface area contributed by atoms with Gasteiger partial charge < -0.3 is 10.4 Å². The molecule has 0 radical (unpaired) electrons. The molecule has 2 N–H and O–H groups in total. The lowest BCUT2D eigenvalue weighted by molar-refractivity contribution is -0.121. The normalized spacial score (nSPS) is 16.9. The van der Waals surface area contributed by atoms with Crippen LogP contribution < -0.4 is 5.32 Å². The van der Waals surface area contributed by atoms with Gasteiger partial charge in [0.15, 0.2) is 0 Å². The molecule has 104 valence electrons. The highest BCUT2D eigenvalue weighted by molar-refractivity contribution is 7.09. The Bertz CT molecular complexity index is 651. The summed E-state index contributed by atoms with van der Waals surface area (Å²) in [5.74, 6) is 0.311. The smallest absolute Gasteiger partial charge is 0.226 e. The molecule has 0 aliphatic heterocycles. The first kappa shape index (κ1) is 13.1. The minimum atomic E-state index is -0.0171. The molecule has 1 aliphatic rings. The number of phenols is 1. The number of nitrogens with zero attached hydrogens (tertiary/aromatic N) is 1. The topological polar surface area (TPSA) is 62.2 Å². The number of hydrogen-bond acceptors (Lipinski definition) is 4. The lowest BCUT2D eigenvalue weighted by atomic mass is 10.1. The van der Waals surface area contributed by atoms with Gasteiger partial charge in [-0.05, 0) is 37.0 Å². The van der Waals surface area contributed by atoms with Crippen molar-refractivity contribution in [2.24, 2.45) is 0 Å². The Hall–Kier alpha value is -1.88. The van der Waals surface area contributed by atoms with Gasteiger partial charge in [0.2, 0.25) is 5.91 Å². The third-order valence-electron chi connectivity index (χ3n) is 3.59. The van der Waals surface area contributed by atoms with E-state index in [2.05, 4.69) is 10.3 Å². The molecule has 0 saturated carbocycles. The van der Waals surface area contributed by atoms with Crippen LogP contribution in [-0.2, 0) is 17.6 Å². The summed E-state index contributed by atoms with van der Waals surface area (Å²) in [7, 11) is 0. The zero-order valence-electron chi connectivity index (χ0n) is 11.2. The number of hydrogen-bond donors (Lipinski definition) is 2. The van der Waals surface area contributed by atoms with Crippen LogP contribution in [0.2, 0.25) is 0 Å². The first-order valence-electron chi connectivity index (χ1n) is 6.64. The second-order valence-electron chi connectivity index (χ2n) is 5.04. The minimum absolute atomic E-state index is 0.00401. The zero-order valence-corrected chi connectivity index (χ0v) is 12.0. The average Bonchev–Trinajstić information content (AvgIpc) is 2.98. The summed E-state index contributed by atoms with van der Waals surface area (Å²) >= 11 is 1.56. The molecular weight excluding hydrogens is 272 g/mol. The van der Waals surface area contributed by atoms with E-state index in [9.17, 15) is 9.90 Å².